The summed E-state index contributed by atoms with van der Waals surface area (Å²) in [4.78, 5) is 10.8. The Bertz CT molecular complexity index is 513. The number of aryl methyl sites for hydroxylation is 2. The predicted octanol–water partition coefficient (Wildman–Crippen LogP) is 3.40. The molecule has 0 bridgehead atoms. The second-order valence-electron chi connectivity index (χ2n) is 5.99. The zero-order valence-corrected chi connectivity index (χ0v) is 16.4. The highest BCUT2D eigenvalue weighted by molar-refractivity contribution is 7.99. The summed E-state index contributed by atoms with van der Waals surface area (Å²) in [6.45, 7) is 8.15. The van der Waals surface area contributed by atoms with Gasteiger partial charge in [0.15, 0.2) is 5.96 Å². The first-order valence-corrected chi connectivity index (χ1v) is 10.8. The van der Waals surface area contributed by atoms with Crippen LogP contribution in [0.25, 0.3) is 0 Å². The van der Waals surface area contributed by atoms with Crippen LogP contribution in [0.15, 0.2) is 4.99 Å². The van der Waals surface area contributed by atoms with Gasteiger partial charge >= 0.3 is 0 Å². The van der Waals surface area contributed by atoms with E-state index in [2.05, 4.69) is 37.7 Å². The zero-order chi connectivity index (χ0) is 16.7. The molecule has 130 valence electrons. The number of hydrogen-bond donors (Lipinski definition) is 2. The molecule has 1 heterocycles. The van der Waals surface area contributed by atoms with Gasteiger partial charge in [-0.2, -0.15) is 11.8 Å². The third kappa shape index (κ3) is 5.68. The lowest BCUT2D eigenvalue weighted by atomic mass is 10.2. The summed E-state index contributed by atoms with van der Waals surface area (Å²) < 4.78 is 0. The molecule has 2 unspecified atom stereocenters. The number of hydrogen-bond acceptors (Lipinski definition) is 4. The van der Waals surface area contributed by atoms with Crippen LogP contribution in [0.5, 0.6) is 0 Å². The lowest BCUT2D eigenvalue weighted by molar-refractivity contribution is 0.615. The number of guanidine groups is 1. The summed E-state index contributed by atoms with van der Waals surface area (Å²) in [5.74, 6) is 0.961. The third-order valence-corrected chi connectivity index (χ3v) is 6.44. The maximum Gasteiger partial charge on any atom is 0.191 e. The van der Waals surface area contributed by atoms with Gasteiger partial charge in [-0.3, -0.25) is 4.99 Å². The van der Waals surface area contributed by atoms with Crippen LogP contribution in [-0.2, 0) is 12.8 Å². The molecule has 23 heavy (non-hydrogen) atoms. The van der Waals surface area contributed by atoms with Gasteiger partial charge in [-0.05, 0) is 45.8 Å². The van der Waals surface area contributed by atoms with Crippen molar-refractivity contribution in [2.75, 3.05) is 19.3 Å². The van der Waals surface area contributed by atoms with Crippen LogP contribution in [0.4, 0.5) is 0 Å². The van der Waals surface area contributed by atoms with Gasteiger partial charge in [-0.15, -0.1) is 11.3 Å². The monoisotopic (exact) mass is 354 g/mol. The molecule has 0 spiro atoms. The van der Waals surface area contributed by atoms with Crippen LogP contribution in [-0.4, -0.2) is 41.6 Å². The van der Waals surface area contributed by atoms with Crippen LogP contribution in [0.3, 0.4) is 0 Å². The first-order chi connectivity index (χ1) is 11.2. The molecule has 2 atom stereocenters. The lowest BCUT2D eigenvalue weighted by Crippen LogP contribution is -2.42. The maximum absolute atomic E-state index is 4.74. The normalized spacial score (nSPS) is 21.7. The van der Waals surface area contributed by atoms with Crippen molar-refractivity contribution in [3.05, 3.63) is 15.6 Å². The molecule has 6 heteroatoms. The highest BCUT2D eigenvalue weighted by atomic mass is 32.2. The van der Waals surface area contributed by atoms with Crippen molar-refractivity contribution in [3.8, 4) is 0 Å². The van der Waals surface area contributed by atoms with Crippen molar-refractivity contribution in [1.29, 1.82) is 0 Å². The first-order valence-electron chi connectivity index (χ1n) is 8.69. The third-order valence-electron chi connectivity index (χ3n) is 4.27. The van der Waals surface area contributed by atoms with E-state index in [1.165, 1.54) is 34.8 Å². The van der Waals surface area contributed by atoms with E-state index in [9.17, 15) is 0 Å². The fourth-order valence-corrected chi connectivity index (χ4v) is 4.79. The fourth-order valence-electron chi connectivity index (χ4n) is 2.98. The molecule has 1 aliphatic carbocycles. The Labute approximate surface area is 149 Å². The first kappa shape index (κ1) is 18.6. The van der Waals surface area contributed by atoms with E-state index in [-0.39, 0.29) is 0 Å². The van der Waals surface area contributed by atoms with Gasteiger partial charge in [0, 0.05) is 35.7 Å². The Morgan fingerprint density at radius 3 is 2.83 bits per heavy atom. The molecule has 4 nitrogen and oxygen atoms in total. The molecule has 0 aliphatic heterocycles. The highest BCUT2D eigenvalue weighted by Crippen LogP contribution is 2.28. The van der Waals surface area contributed by atoms with E-state index in [1.807, 2.05) is 23.1 Å². The molecule has 0 radical (unpaired) electrons. The Hall–Kier alpha value is -0.750. The summed E-state index contributed by atoms with van der Waals surface area (Å²) in [7, 11) is 0. The summed E-state index contributed by atoms with van der Waals surface area (Å²) >= 11 is 3.81. The number of aromatic nitrogens is 1. The van der Waals surface area contributed by atoms with Gasteiger partial charge in [-0.1, -0.05) is 6.92 Å². The molecule has 1 aromatic rings. The summed E-state index contributed by atoms with van der Waals surface area (Å²) in [6.07, 6.45) is 7.98. The van der Waals surface area contributed by atoms with Gasteiger partial charge in [-0.25, -0.2) is 4.98 Å². The van der Waals surface area contributed by atoms with Crippen LogP contribution in [0.1, 0.15) is 48.7 Å². The quantitative estimate of drug-likeness (QED) is 0.582. The average Bonchev–Trinajstić information content (AvgIpc) is 3.13. The van der Waals surface area contributed by atoms with Crippen molar-refractivity contribution in [1.82, 2.24) is 15.6 Å². The number of nitrogens with one attached hydrogen (secondary N) is 2. The largest absolute Gasteiger partial charge is 0.357 e. The molecule has 1 aliphatic rings. The second kappa shape index (κ2) is 9.52. The summed E-state index contributed by atoms with van der Waals surface area (Å²) in [5, 5.41) is 8.99. The van der Waals surface area contributed by atoms with E-state index in [0.717, 1.165) is 37.1 Å². The Kier molecular flexibility index (Phi) is 7.70. The molecule has 0 amide bonds. The van der Waals surface area contributed by atoms with Crippen molar-refractivity contribution >= 4 is 29.1 Å². The molecule has 0 saturated heterocycles. The molecule has 0 aromatic carbocycles. The summed E-state index contributed by atoms with van der Waals surface area (Å²) in [6, 6.07) is 0.569. The Morgan fingerprint density at radius 2 is 2.22 bits per heavy atom. The van der Waals surface area contributed by atoms with Crippen LogP contribution < -0.4 is 10.6 Å². The second-order valence-corrected chi connectivity index (χ2v) is 8.41. The van der Waals surface area contributed by atoms with Crippen molar-refractivity contribution < 1.29 is 0 Å². The van der Waals surface area contributed by atoms with E-state index in [1.54, 1.807) is 0 Å². The Balaban J connectivity index is 1.85. The van der Waals surface area contributed by atoms with E-state index in [0.29, 0.717) is 6.04 Å². The smallest absolute Gasteiger partial charge is 0.191 e. The fraction of sp³-hybridized carbons (Fsp3) is 0.765. The molecule has 2 rings (SSSR count). The topological polar surface area (TPSA) is 49.3 Å². The number of aliphatic imine (C=N–C) groups is 1. The van der Waals surface area contributed by atoms with E-state index < -0.39 is 0 Å². The highest BCUT2D eigenvalue weighted by Gasteiger charge is 2.24. The van der Waals surface area contributed by atoms with Crippen molar-refractivity contribution in [2.24, 2.45) is 4.99 Å². The van der Waals surface area contributed by atoms with E-state index in [4.69, 9.17) is 9.98 Å². The minimum Gasteiger partial charge on any atom is -0.357 e. The van der Waals surface area contributed by atoms with Gasteiger partial charge in [0.1, 0.15) is 0 Å². The standard InChI is InChI=1S/C17H30N4S2/c1-5-15-12(3)23-16(21-15)9-10-19-17(18-6-2)20-13-7-8-14(11-13)22-4/h13-14H,5-11H2,1-4H3,(H2,18,19,20). The van der Waals surface area contributed by atoms with Crippen molar-refractivity contribution in [3.63, 3.8) is 0 Å². The predicted molar refractivity (Wildman–Crippen MR) is 104 cm³/mol. The Morgan fingerprint density at radius 1 is 1.39 bits per heavy atom. The van der Waals surface area contributed by atoms with Gasteiger partial charge in [0.25, 0.3) is 0 Å². The molecular formula is C17H30N4S2. The number of thioether (sulfide) groups is 1. The number of nitrogens with zero attached hydrogens (tertiary/aromatic N) is 2. The summed E-state index contributed by atoms with van der Waals surface area (Å²) in [5.41, 5.74) is 1.24. The van der Waals surface area contributed by atoms with Crippen LogP contribution in [0, 0.1) is 6.92 Å². The molecule has 1 fully saturated rings. The molecule has 1 saturated carbocycles. The van der Waals surface area contributed by atoms with Gasteiger partial charge < -0.3 is 10.6 Å². The van der Waals surface area contributed by atoms with Crippen LogP contribution >= 0.6 is 23.1 Å². The minimum absolute atomic E-state index is 0.569. The molecular weight excluding hydrogens is 324 g/mol. The zero-order valence-electron chi connectivity index (χ0n) is 14.8. The number of thiazole rings is 1. The van der Waals surface area contributed by atoms with Gasteiger partial charge in [0.2, 0.25) is 0 Å². The molecule has 2 N–H and O–H groups in total. The minimum atomic E-state index is 0.569. The number of rotatable bonds is 7. The van der Waals surface area contributed by atoms with Crippen LogP contribution in [0.2, 0.25) is 0 Å². The van der Waals surface area contributed by atoms with E-state index >= 15 is 0 Å². The van der Waals surface area contributed by atoms with Crippen molar-refractivity contribution in [2.45, 2.75) is 64.2 Å². The van der Waals surface area contributed by atoms with Gasteiger partial charge in [0.05, 0.1) is 10.7 Å². The SMILES string of the molecule is CCNC(=NCCc1nc(CC)c(C)s1)NC1CCC(SC)C1. The average molecular weight is 355 g/mol. The molecule has 1 aromatic heterocycles. The lowest BCUT2D eigenvalue weighted by Gasteiger charge is -2.17. The maximum atomic E-state index is 4.74.